The molecule has 0 spiro atoms. The molecule has 1 aliphatic heterocycles. The molecule has 2 aromatic carbocycles. The lowest BCUT2D eigenvalue weighted by Gasteiger charge is -2.22. The number of ether oxygens (including phenoxy) is 1. The fourth-order valence-corrected chi connectivity index (χ4v) is 3.06. The third kappa shape index (κ3) is 4.21. The fourth-order valence-electron chi connectivity index (χ4n) is 3.06. The number of carbonyl (C=O) groups is 1. The smallest absolute Gasteiger partial charge is 0.433 e. The zero-order chi connectivity index (χ0) is 22.8. The Morgan fingerprint density at radius 3 is 2.69 bits per heavy atom. The average Bonchev–Trinajstić information content (AvgIpc) is 3.23. The van der Waals surface area contributed by atoms with E-state index in [0.29, 0.717) is 5.75 Å². The quantitative estimate of drug-likeness (QED) is 0.321. The number of nitrogens with zero attached hydrogens (tertiary/aromatic N) is 4. The van der Waals surface area contributed by atoms with Crippen molar-refractivity contribution in [3.05, 3.63) is 81.3 Å². The Morgan fingerprint density at radius 2 is 2.03 bits per heavy atom. The third-order valence-corrected chi connectivity index (χ3v) is 4.65. The summed E-state index contributed by atoms with van der Waals surface area (Å²) in [5, 5.41) is 27.9. The minimum Gasteiger partial charge on any atom is -0.480 e. The van der Waals surface area contributed by atoms with E-state index in [4.69, 9.17) is 9.15 Å². The second kappa shape index (κ2) is 8.38. The molecule has 32 heavy (non-hydrogen) atoms. The second-order valence-electron chi connectivity index (χ2n) is 6.91. The van der Waals surface area contributed by atoms with Gasteiger partial charge in [-0.25, -0.2) is 9.18 Å². The van der Waals surface area contributed by atoms with Gasteiger partial charge in [0.05, 0.1) is 18.0 Å². The van der Waals surface area contributed by atoms with Crippen molar-refractivity contribution < 1.29 is 28.4 Å². The number of carboxylic acids is 1. The van der Waals surface area contributed by atoms with Crippen LogP contribution >= 0.6 is 0 Å². The van der Waals surface area contributed by atoms with E-state index in [2.05, 4.69) is 15.2 Å². The van der Waals surface area contributed by atoms with Crippen LogP contribution in [-0.2, 0) is 4.79 Å². The minimum atomic E-state index is -1.41. The van der Waals surface area contributed by atoms with Gasteiger partial charge in [0.2, 0.25) is 0 Å². The number of rotatable bonds is 6. The van der Waals surface area contributed by atoms with Crippen LogP contribution in [-0.4, -0.2) is 28.3 Å². The molecule has 2 heterocycles. The lowest BCUT2D eigenvalue weighted by atomic mass is 9.97. The Labute approximate surface area is 179 Å². The van der Waals surface area contributed by atoms with Crippen LogP contribution < -0.4 is 4.74 Å². The predicted molar refractivity (Wildman–Crippen MR) is 109 cm³/mol. The van der Waals surface area contributed by atoms with Crippen LogP contribution in [0.2, 0.25) is 0 Å². The summed E-state index contributed by atoms with van der Waals surface area (Å²) >= 11 is 0. The highest BCUT2D eigenvalue weighted by Crippen LogP contribution is 2.41. The van der Waals surface area contributed by atoms with Gasteiger partial charge in [0, 0.05) is 11.6 Å². The van der Waals surface area contributed by atoms with E-state index in [9.17, 15) is 24.4 Å². The summed E-state index contributed by atoms with van der Waals surface area (Å²) in [6.07, 6.45) is 1.13. The lowest BCUT2D eigenvalue weighted by Crippen LogP contribution is -2.27. The molecule has 10 nitrogen and oxygen atoms in total. The summed E-state index contributed by atoms with van der Waals surface area (Å²) in [7, 11) is 0. The van der Waals surface area contributed by atoms with Crippen LogP contribution in [0.3, 0.4) is 0 Å². The van der Waals surface area contributed by atoms with Gasteiger partial charge in [-0.2, -0.15) is 10.2 Å². The monoisotopic (exact) mass is 438 g/mol. The number of hydrogen-bond acceptors (Lipinski definition) is 8. The van der Waals surface area contributed by atoms with Gasteiger partial charge in [0.25, 0.3) is 0 Å². The number of fused-ring (bicyclic) bond motifs is 1. The van der Waals surface area contributed by atoms with E-state index in [1.54, 1.807) is 12.1 Å². The summed E-state index contributed by atoms with van der Waals surface area (Å²) in [5.74, 6) is -2.20. The number of aryl methyl sites for hydroxylation is 1. The summed E-state index contributed by atoms with van der Waals surface area (Å²) in [4.78, 5) is 25.8. The fraction of sp³-hybridized carbons (Fsp3) is 0.143. The Morgan fingerprint density at radius 1 is 1.28 bits per heavy atom. The molecule has 0 bridgehead atoms. The molecule has 1 aromatic heterocycles. The number of aliphatic carboxylic acids is 1. The average molecular weight is 438 g/mol. The molecule has 162 valence electrons. The van der Waals surface area contributed by atoms with Crippen LogP contribution in [0.1, 0.15) is 22.9 Å². The first-order valence-electron chi connectivity index (χ1n) is 9.31. The molecule has 2 unspecified atom stereocenters. The van der Waals surface area contributed by atoms with Crippen molar-refractivity contribution in [1.82, 2.24) is 0 Å². The van der Waals surface area contributed by atoms with Gasteiger partial charge in [0.15, 0.2) is 23.4 Å². The first-order chi connectivity index (χ1) is 15.3. The van der Waals surface area contributed by atoms with Crippen molar-refractivity contribution in [3.63, 3.8) is 0 Å². The van der Waals surface area contributed by atoms with Crippen LogP contribution in [0.25, 0.3) is 0 Å². The molecule has 2 atom stereocenters. The summed E-state index contributed by atoms with van der Waals surface area (Å²) in [5.41, 5.74) is 1.39. The van der Waals surface area contributed by atoms with E-state index >= 15 is 0 Å². The molecule has 0 radical (unpaired) electrons. The minimum absolute atomic E-state index is 0.0321. The molecule has 0 fully saturated rings. The molecule has 11 heteroatoms. The van der Waals surface area contributed by atoms with Gasteiger partial charge >= 0.3 is 11.9 Å². The molecule has 0 aliphatic carbocycles. The second-order valence-corrected chi connectivity index (χ2v) is 6.91. The zero-order valence-electron chi connectivity index (χ0n) is 16.5. The van der Waals surface area contributed by atoms with E-state index in [1.165, 1.54) is 12.1 Å². The lowest BCUT2D eigenvalue weighted by molar-refractivity contribution is -0.402. The highest BCUT2D eigenvalue weighted by Gasteiger charge is 2.35. The van der Waals surface area contributed by atoms with Crippen molar-refractivity contribution in [2.45, 2.75) is 19.0 Å². The highest BCUT2D eigenvalue weighted by atomic mass is 19.1. The SMILES string of the molecule is Cc1ccc(Oc2cc3c(cc2F)C(N=Cc2ccc([N+](=O)[O-])o2)C(C(=O)O)N=N3)cc1. The number of halogens is 1. The molecule has 4 rings (SSSR count). The largest absolute Gasteiger partial charge is 0.480 e. The van der Waals surface area contributed by atoms with Gasteiger partial charge in [-0.3, -0.25) is 15.1 Å². The molecule has 0 saturated carbocycles. The van der Waals surface area contributed by atoms with Crippen LogP contribution in [0.15, 0.2) is 68.2 Å². The molecular formula is C21H15FN4O6. The van der Waals surface area contributed by atoms with E-state index < -0.39 is 34.7 Å². The van der Waals surface area contributed by atoms with Crippen molar-refractivity contribution >= 4 is 23.8 Å². The number of nitro groups is 1. The Kier molecular flexibility index (Phi) is 5.46. The van der Waals surface area contributed by atoms with Crippen molar-refractivity contribution in [1.29, 1.82) is 0 Å². The Balaban J connectivity index is 1.67. The van der Waals surface area contributed by atoms with Crippen LogP contribution in [0.4, 0.5) is 16.0 Å². The first kappa shape index (κ1) is 20.8. The molecule has 3 aromatic rings. The van der Waals surface area contributed by atoms with Gasteiger partial charge in [-0.15, -0.1) is 0 Å². The number of aliphatic imine (C=N–C) groups is 1. The first-order valence-corrected chi connectivity index (χ1v) is 9.31. The summed E-state index contributed by atoms with van der Waals surface area (Å²) in [6.45, 7) is 1.91. The maximum Gasteiger partial charge on any atom is 0.433 e. The summed E-state index contributed by atoms with van der Waals surface area (Å²) in [6, 6.07) is 9.31. The molecule has 1 N–H and O–H groups in total. The molecular weight excluding hydrogens is 423 g/mol. The van der Waals surface area contributed by atoms with Crippen molar-refractivity contribution in [3.8, 4) is 11.5 Å². The maximum absolute atomic E-state index is 14.8. The number of azo groups is 1. The van der Waals surface area contributed by atoms with E-state index in [-0.39, 0.29) is 22.8 Å². The number of hydrogen-bond donors (Lipinski definition) is 1. The standard InChI is InChI=1S/C21H15FN4O6/c1-11-2-4-12(5-3-11)31-17-9-16-14(8-15(17)22)19(20(21(27)28)25-24-16)23-10-13-6-7-18(32-13)26(29)30/h2-10,19-20H,1H3,(H,27,28). The third-order valence-electron chi connectivity index (χ3n) is 4.65. The van der Waals surface area contributed by atoms with E-state index in [0.717, 1.165) is 23.9 Å². The van der Waals surface area contributed by atoms with Gasteiger partial charge in [0.1, 0.15) is 16.7 Å². The van der Waals surface area contributed by atoms with Gasteiger partial charge in [-0.05, 0) is 31.2 Å². The summed E-state index contributed by atoms with van der Waals surface area (Å²) < 4.78 is 25.4. The van der Waals surface area contributed by atoms with Gasteiger partial charge in [-0.1, -0.05) is 17.7 Å². The number of benzene rings is 2. The topological polar surface area (TPSA) is 140 Å². The van der Waals surface area contributed by atoms with Gasteiger partial charge < -0.3 is 14.3 Å². The van der Waals surface area contributed by atoms with Crippen molar-refractivity contribution in [2.24, 2.45) is 15.2 Å². The van der Waals surface area contributed by atoms with Crippen LogP contribution in [0.5, 0.6) is 11.5 Å². The molecule has 0 saturated heterocycles. The number of furan rings is 1. The van der Waals surface area contributed by atoms with E-state index in [1.807, 2.05) is 19.1 Å². The normalized spacial score (nSPS) is 17.3. The maximum atomic E-state index is 14.8. The molecule has 0 amide bonds. The van der Waals surface area contributed by atoms with Crippen LogP contribution in [0, 0.1) is 22.9 Å². The Hall–Kier alpha value is -4.41. The number of carboxylic acid groups (broad SMARTS) is 1. The zero-order valence-corrected chi connectivity index (χ0v) is 16.5. The highest BCUT2D eigenvalue weighted by molar-refractivity contribution is 5.80. The predicted octanol–water partition coefficient (Wildman–Crippen LogP) is 5.14. The van der Waals surface area contributed by atoms with Crippen molar-refractivity contribution in [2.75, 3.05) is 0 Å². The molecule has 1 aliphatic rings. The Bertz CT molecular complexity index is 1250.